The lowest BCUT2D eigenvalue weighted by Crippen LogP contribution is -2.20. The lowest BCUT2D eigenvalue weighted by Gasteiger charge is -2.09. The number of thiophene rings is 1. The van der Waals surface area contributed by atoms with Gasteiger partial charge in [0.1, 0.15) is 5.75 Å². The van der Waals surface area contributed by atoms with E-state index in [-0.39, 0.29) is 24.5 Å². The van der Waals surface area contributed by atoms with Crippen LogP contribution in [0, 0.1) is 0 Å². The van der Waals surface area contributed by atoms with Crippen molar-refractivity contribution in [2.45, 2.75) is 19.8 Å². The predicted octanol–water partition coefficient (Wildman–Crippen LogP) is 4.43. The van der Waals surface area contributed by atoms with Crippen LogP contribution in [-0.2, 0) is 4.79 Å². The largest absolute Gasteiger partial charge is 0.497 e. The Balaban J connectivity index is 1.61. The zero-order valence-corrected chi connectivity index (χ0v) is 18.7. The maximum absolute atomic E-state index is 12.4. The van der Waals surface area contributed by atoms with Crippen molar-refractivity contribution >= 4 is 38.8 Å². The average molecular weight is 441 g/mol. The molecule has 1 heterocycles. The summed E-state index contributed by atoms with van der Waals surface area (Å²) in [6.45, 7) is 1.83. The highest BCUT2D eigenvalue weighted by atomic mass is 32.1. The van der Waals surface area contributed by atoms with Gasteiger partial charge in [0.2, 0.25) is 5.91 Å². The summed E-state index contributed by atoms with van der Waals surface area (Å²) in [6.07, 6.45) is 0.0939. The topological polar surface area (TPSA) is 86.2 Å². The van der Waals surface area contributed by atoms with Gasteiger partial charge < -0.3 is 14.2 Å². The third-order valence-corrected chi connectivity index (χ3v) is 5.77. The number of methoxy groups -OCH3 is 3. The highest BCUT2D eigenvalue weighted by Crippen LogP contribution is 2.30. The number of amides is 1. The van der Waals surface area contributed by atoms with Crippen LogP contribution in [0.3, 0.4) is 0 Å². The van der Waals surface area contributed by atoms with Crippen molar-refractivity contribution in [3.8, 4) is 17.2 Å². The van der Waals surface area contributed by atoms with Crippen molar-refractivity contribution in [2.75, 3.05) is 21.3 Å². The molecule has 3 rings (SSSR count). The fourth-order valence-corrected chi connectivity index (χ4v) is 4.04. The first-order valence-corrected chi connectivity index (χ1v) is 10.5. The zero-order chi connectivity index (χ0) is 22.4. The highest BCUT2D eigenvalue weighted by molar-refractivity contribution is 7.17. The van der Waals surface area contributed by atoms with Crippen molar-refractivity contribution in [2.24, 2.45) is 5.10 Å². The number of benzene rings is 2. The Kier molecular flexibility index (Phi) is 7.25. The average Bonchev–Trinajstić information content (AvgIpc) is 3.23. The van der Waals surface area contributed by atoms with Gasteiger partial charge in [-0.2, -0.15) is 5.10 Å². The quantitative estimate of drug-likeness (QED) is 0.302. The van der Waals surface area contributed by atoms with Crippen LogP contribution in [-0.4, -0.2) is 38.7 Å². The van der Waals surface area contributed by atoms with Crippen LogP contribution < -0.4 is 19.6 Å². The summed E-state index contributed by atoms with van der Waals surface area (Å²) in [7, 11) is 4.66. The number of fused-ring (bicyclic) bond motifs is 1. The predicted molar refractivity (Wildman–Crippen MR) is 122 cm³/mol. The maximum Gasteiger partial charge on any atom is 0.240 e. The van der Waals surface area contributed by atoms with Crippen molar-refractivity contribution in [3.05, 3.63) is 52.9 Å². The lowest BCUT2D eigenvalue weighted by atomic mass is 10.1. The molecular weight excluding hydrogens is 416 g/mol. The van der Waals surface area contributed by atoms with Crippen LogP contribution in [0.4, 0.5) is 0 Å². The molecular formula is C23H24N2O5S. The molecule has 0 aliphatic heterocycles. The van der Waals surface area contributed by atoms with Crippen LogP contribution in [0.1, 0.15) is 35.7 Å². The summed E-state index contributed by atoms with van der Waals surface area (Å²) in [5, 5.41) is 7.22. The van der Waals surface area contributed by atoms with Crippen molar-refractivity contribution < 1.29 is 23.8 Å². The third kappa shape index (κ3) is 5.21. The molecule has 0 aliphatic carbocycles. The first-order chi connectivity index (χ1) is 15.0. The summed E-state index contributed by atoms with van der Waals surface area (Å²) in [4.78, 5) is 24.6. The molecule has 0 spiro atoms. The number of nitrogens with one attached hydrogen (secondary N) is 1. The fourth-order valence-electron chi connectivity index (χ4n) is 3.06. The van der Waals surface area contributed by atoms with Gasteiger partial charge in [-0.25, -0.2) is 5.43 Å². The molecule has 1 aromatic heterocycles. The van der Waals surface area contributed by atoms with Gasteiger partial charge in [-0.15, -0.1) is 11.3 Å². The summed E-state index contributed by atoms with van der Waals surface area (Å²) < 4.78 is 16.8. The fraction of sp³-hybridized carbons (Fsp3) is 0.261. The van der Waals surface area contributed by atoms with Crippen LogP contribution >= 0.6 is 11.3 Å². The Morgan fingerprint density at radius 1 is 0.968 bits per heavy atom. The Morgan fingerprint density at radius 2 is 1.74 bits per heavy atom. The van der Waals surface area contributed by atoms with E-state index in [1.807, 2.05) is 30.5 Å². The van der Waals surface area contributed by atoms with Crippen molar-refractivity contribution in [1.82, 2.24) is 5.43 Å². The zero-order valence-electron chi connectivity index (χ0n) is 17.9. The molecule has 0 bridgehead atoms. The molecule has 31 heavy (non-hydrogen) atoms. The summed E-state index contributed by atoms with van der Waals surface area (Å²) in [5.74, 6) is 1.29. The number of hydrogen-bond donors (Lipinski definition) is 1. The van der Waals surface area contributed by atoms with E-state index < -0.39 is 0 Å². The van der Waals surface area contributed by atoms with Crippen LogP contribution in [0.15, 0.2) is 46.9 Å². The van der Waals surface area contributed by atoms with Crippen molar-refractivity contribution in [3.63, 3.8) is 0 Å². The third-order valence-electron chi connectivity index (χ3n) is 4.80. The van der Waals surface area contributed by atoms with Gasteiger partial charge in [-0.05, 0) is 43.3 Å². The maximum atomic E-state index is 12.4. The molecule has 7 nitrogen and oxygen atoms in total. The minimum Gasteiger partial charge on any atom is -0.497 e. The Hall–Kier alpha value is -3.39. The number of nitrogens with zero attached hydrogens (tertiary/aromatic N) is 1. The number of rotatable bonds is 9. The second kappa shape index (κ2) is 10.1. The Morgan fingerprint density at radius 3 is 2.45 bits per heavy atom. The van der Waals surface area contributed by atoms with Gasteiger partial charge >= 0.3 is 0 Å². The summed E-state index contributed by atoms with van der Waals surface area (Å²) in [6, 6.07) is 10.8. The molecule has 0 unspecified atom stereocenters. The SMILES string of the molecule is COc1ccc2scc(/C(C)=N/NC(=O)CCC(=O)c3ccc(OC)c(OC)c3)c2c1. The number of ketones is 1. The van der Waals surface area contributed by atoms with Gasteiger partial charge in [0.05, 0.1) is 27.0 Å². The second-order valence-electron chi connectivity index (χ2n) is 6.74. The Labute approximate surface area is 184 Å². The minimum atomic E-state index is -0.328. The van der Waals surface area contributed by atoms with Crippen LogP contribution in [0.2, 0.25) is 0 Å². The van der Waals surface area contributed by atoms with Gasteiger partial charge in [0, 0.05) is 39.4 Å². The van der Waals surface area contributed by atoms with Crippen LogP contribution in [0.25, 0.3) is 10.1 Å². The van der Waals surface area contributed by atoms with E-state index in [1.165, 1.54) is 14.2 Å². The Bertz CT molecular complexity index is 1140. The molecule has 0 saturated heterocycles. The van der Waals surface area contributed by atoms with E-state index in [2.05, 4.69) is 10.5 Å². The summed E-state index contributed by atoms with van der Waals surface area (Å²) >= 11 is 1.60. The van der Waals surface area contributed by atoms with Gasteiger partial charge in [-0.1, -0.05) is 0 Å². The molecule has 0 aliphatic rings. The van der Waals surface area contributed by atoms with E-state index >= 15 is 0 Å². The van der Waals surface area contributed by atoms with E-state index in [0.29, 0.717) is 22.8 Å². The van der Waals surface area contributed by atoms with E-state index in [9.17, 15) is 9.59 Å². The number of Topliss-reactive ketones (excluding diaryl/α,β-unsaturated/α-hetero) is 1. The van der Waals surface area contributed by atoms with Gasteiger partial charge in [0.15, 0.2) is 17.3 Å². The van der Waals surface area contributed by atoms with E-state index in [0.717, 1.165) is 21.4 Å². The molecule has 162 valence electrons. The molecule has 0 saturated carbocycles. The monoisotopic (exact) mass is 440 g/mol. The smallest absolute Gasteiger partial charge is 0.240 e. The molecule has 1 amide bonds. The molecule has 0 atom stereocenters. The number of carbonyl (C=O) groups excluding carboxylic acids is 2. The highest BCUT2D eigenvalue weighted by Gasteiger charge is 2.13. The molecule has 8 heteroatoms. The molecule has 1 N–H and O–H groups in total. The van der Waals surface area contributed by atoms with Gasteiger partial charge in [0.25, 0.3) is 0 Å². The standard InChI is InChI=1S/C23H24N2O5S/c1-14(18-13-31-22-9-6-16(28-2)12-17(18)22)24-25-23(27)10-7-19(26)15-5-8-20(29-3)21(11-15)30-4/h5-6,8-9,11-13H,7,10H2,1-4H3,(H,25,27)/b24-14+. The van der Waals surface area contributed by atoms with E-state index in [4.69, 9.17) is 14.2 Å². The number of hydrogen-bond acceptors (Lipinski definition) is 7. The minimum absolute atomic E-state index is 0.0299. The number of hydrazone groups is 1. The molecule has 0 radical (unpaired) electrons. The number of ether oxygens (including phenoxy) is 3. The van der Waals surface area contributed by atoms with Crippen molar-refractivity contribution in [1.29, 1.82) is 0 Å². The second-order valence-corrected chi connectivity index (χ2v) is 7.65. The lowest BCUT2D eigenvalue weighted by molar-refractivity contribution is -0.121. The molecule has 2 aromatic carbocycles. The normalized spacial score (nSPS) is 11.3. The first-order valence-electron chi connectivity index (χ1n) is 9.60. The summed E-state index contributed by atoms with van der Waals surface area (Å²) in [5.41, 5.74) is 4.61. The van der Waals surface area contributed by atoms with E-state index in [1.54, 1.807) is 36.6 Å². The number of carbonyl (C=O) groups is 2. The molecule has 3 aromatic rings. The van der Waals surface area contributed by atoms with Crippen LogP contribution in [0.5, 0.6) is 17.2 Å². The first kappa shape index (κ1) is 22.3. The van der Waals surface area contributed by atoms with Gasteiger partial charge in [-0.3, -0.25) is 9.59 Å². The molecule has 0 fully saturated rings.